The van der Waals surface area contributed by atoms with Gasteiger partial charge in [0.05, 0.1) is 0 Å². The molecule has 0 heterocycles. The monoisotopic (exact) mass is 303 g/mol. The third kappa shape index (κ3) is 3.78. The molecular weight excluding hydrogens is 282 g/mol. The zero-order valence-electron chi connectivity index (χ0n) is 13.0. The van der Waals surface area contributed by atoms with Crippen molar-refractivity contribution in [1.82, 2.24) is 0 Å². The van der Waals surface area contributed by atoms with Crippen LogP contribution in [-0.4, -0.2) is 0 Å². The summed E-state index contributed by atoms with van der Waals surface area (Å²) in [5.41, 5.74) is 11.9. The molecule has 2 aromatic carbocycles. The second kappa shape index (κ2) is 6.50. The largest absolute Gasteiger partial charge is 0.489 e. The Kier molecular flexibility index (Phi) is 4.92. The van der Waals surface area contributed by atoms with E-state index >= 15 is 0 Å². The first-order valence-corrected chi connectivity index (χ1v) is 7.51. The van der Waals surface area contributed by atoms with Gasteiger partial charge in [-0.2, -0.15) is 0 Å². The topological polar surface area (TPSA) is 35.2 Å². The van der Waals surface area contributed by atoms with Crippen LogP contribution in [0.1, 0.15) is 40.8 Å². The smallest absolute Gasteiger partial charge is 0.124 e. The third-order valence-electron chi connectivity index (χ3n) is 3.67. The lowest BCUT2D eigenvalue weighted by atomic mass is 10.0. The van der Waals surface area contributed by atoms with Crippen molar-refractivity contribution in [2.75, 3.05) is 0 Å². The number of aryl methyl sites for hydroxylation is 3. The van der Waals surface area contributed by atoms with Crippen LogP contribution in [0.5, 0.6) is 5.75 Å². The normalized spacial score (nSPS) is 12.3. The number of rotatable bonds is 4. The molecular formula is C18H22ClNO. The second-order valence-corrected chi connectivity index (χ2v) is 6.07. The second-order valence-electron chi connectivity index (χ2n) is 5.64. The number of halogens is 1. The van der Waals surface area contributed by atoms with E-state index in [9.17, 15) is 0 Å². The first-order valence-electron chi connectivity index (χ1n) is 7.13. The van der Waals surface area contributed by atoms with Gasteiger partial charge in [0.2, 0.25) is 0 Å². The molecule has 0 aliphatic rings. The molecule has 0 unspecified atom stereocenters. The molecule has 0 spiro atoms. The Balaban J connectivity index is 2.25. The summed E-state index contributed by atoms with van der Waals surface area (Å²) in [5.74, 6) is 0.800. The van der Waals surface area contributed by atoms with Gasteiger partial charge in [-0.3, -0.25) is 0 Å². The van der Waals surface area contributed by atoms with Crippen molar-refractivity contribution in [2.24, 2.45) is 5.73 Å². The zero-order valence-corrected chi connectivity index (χ0v) is 13.8. The van der Waals surface area contributed by atoms with Crippen molar-refractivity contribution >= 4 is 11.6 Å². The highest BCUT2D eigenvalue weighted by Crippen LogP contribution is 2.28. The van der Waals surface area contributed by atoms with Crippen LogP contribution in [0, 0.1) is 20.8 Å². The summed E-state index contributed by atoms with van der Waals surface area (Å²) in [5, 5.41) is 0.678. The predicted molar refractivity (Wildman–Crippen MR) is 89.0 cm³/mol. The summed E-state index contributed by atoms with van der Waals surface area (Å²) in [6.45, 7) is 8.82. The Morgan fingerprint density at radius 2 is 1.71 bits per heavy atom. The van der Waals surface area contributed by atoms with Gasteiger partial charge in [-0.25, -0.2) is 0 Å². The van der Waals surface area contributed by atoms with Gasteiger partial charge in [-0.05, 0) is 62.6 Å². The van der Waals surface area contributed by atoms with Gasteiger partial charge in [-0.1, -0.05) is 29.3 Å². The van der Waals surface area contributed by atoms with Crippen LogP contribution in [-0.2, 0) is 6.61 Å². The van der Waals surface area contributed by atoms with E-state index in [1.54, 1.807) is 0 Å². The highest BCUT2D eigenvalue weighted by molar-refractivity contribution is 6.30. The van der Waals surface area contributed by atoms with Gasteiger partial charge in [0, 0.05) is 16.6 Å². The summed E-state index contributed by atoms with van der Waals surface area (Å²) in [7, 11) is 0. The third-order valence-corrected chi connectivity index (χ3v) is 3.91. The van der Waals surface area contributed by atoms with Gasteiger partial charge in [0.25, 0.3) is 0 Å². The predicted octanol–water partition coefficient (Wildman–Crippen LogP) is 4.86. The molecule has 0 aromatic heterocycles. The minimum Gasteiger partial charge on any atom is -0.489 e. The molecule has 0 saturated heterocycles. The summed E-state index contributed by atoms with van der Waals surface area (Å²) in [6, 6.07) is 9.84. The van der Waals surface area contributed by atoms with Crippen LogP contribution >= 0.6 is 11.6 Å². The number of ether oxygens (including phenoxy) is 1. The molecule has 0 radical (unpaired) electrons. The van der Waals surface area contributed by atoms with Crippen molar-refractivity contribution in [3.63, 3.8) is 0 Å². The minimum absolute atomic E-state index is 0.112. The molecule has 0 saturated carbocycles. The fourth-order valence-corrected chi connectivity index (χ4v) is 2.77. The van der Waals surface area contributed by atoms with Crippen LogP contribution < -0.4 is 10.5 Å². The van der Waals surface area contributed by atoms with Crippen LogP contribution in [0.15, 0.2) is 30.3 Å². The molecule has 21 heavy (non-hydrogen) atoms. The van der Waals surface area contributed by atoms with E-state index in [1.807, 2.05) is 25.1 Å². The standard InChI is InChI=1S/C18H22ClNO/c1-11-7-12(2)17(13(3)8-11)10-21-18-6-5-15(19)9-16(18)14(4)20/h5-9,14H,10,20H2,1-4H3/t14-/m0/s1. The molecule has 2 aromatic rings. The van der Waals surface area contributed by atoms with Crippen molar-refractivity contribution in [3.05, 3.63) is 63.2 Å². The fraction of sp³-hybridized carbons (Fsp3) is 0.333. The van der Waals surface area contributed by atoms with Crippen molar-refractivity contribution in [1.29, 1.82) is 0 Å². The molecule has 3 heteroatoms. The number of nitrogens with two attached hydrogens (primary N) is 1. The molecule has 2 rings (SSSR count). The molecule has 0 aliphatic carbocycles. The Labute approximate surface area is 131 Å². The van der Waals surface area contributed by atoms with Crippen molar-refractivity contribution in [2.45, 2.75) is 40.3 Å². The molecule has 0 amide bonds. The molecule has 0 bridgehead atoms. The van der Waals surface area contributed by atoms with Gasteiger partial charge in [0.15, 0.2) is 0 Å². The maximum atomic E-state index is 6.03. The van der Waals surface area contributed by atoms with E-state index in [1.165, 1.54) is 22.3 Å². The van der Waals surface area contributed by atoms with Crippen LogP contribution in [0.25, 0.3) is 0 Å². The highest BCUT2D eigenvalue weighted by Gasteiger charge is 2.11. The molecule has 2 N–H and O–H groups in total. The fourth-order valence-electron chi connectivity index (χ4n) is 2.59. The van der Waals surface area contributed by atoms with E-state index in [2.05, 4.69) is 32.9 Å². The number of hydrogen-bond donors (Lipinski definition) is 1. The van der Waals surface area contributed by atoms with Gasteiger partial charge in [-0.15, -0.1) is 0 Å². The summed E-state index contributed by atoms with van der Waals surface area (Å²) < 4.78 is 6.00. The van der Waals surface area contributed by atoms with E-state index < -0.39 is 0 Å². The first kappa shape index (κ1) is 15.9. The van der Waals surface area contributed by atoms with Crippen molar-refractivity contribution in [3.8, 4) is 5.75 Å². The lowest BCUT2D eigenvalue weighted by molar-refractivity contribution is 0.300. The first-order chi connectivity index (χ1) is 9.88. The van der Waals surface area contributed by atoms with Crippen LogP contribution in [0.2, 0.25) is 5.02 Å². The lowest BCUT2D eigenvalue weighted by Gasteiger charge is -2.17. The quantitative estimate of drug-likeness (QED) is 0.875. The van der Waals surface area contributed by atoms with E-state index in [0.717, 1.165) is 11.3 Å². The lowest BCUT2D eigenvalue weighted by Crippen LogP contribution is -2.09. The van der Waals surface area contributed by atoms with E-state index in [4.69, 9.17) is 22.1 Å². The number of benzene rings is 2. The molecule has 0 aliphatic heterocycles. The molecule has 112 valence electrons. The maximum Gasteiger partial charge on any atom is 0.124 e. The Morgan fingerprint density at radius 1 is 1.10 bits per heavy atom. The molecule has 2 nitrogen and oxygen atoms in total. The summed E-state index contributed by atoms with van der Waals surface area (Å²) >= 11 is 6.03. The Hall–Kier alpha value is -1.51. The number of hydrogen-bond acceptors (Lipinski definition) is 2. The average Bonchev–Trinajstić information content (AvgIpc) is 2.38. The van der Waals surface area contributed by atoms with Crippen molar-refractivity contribution < 1.29 is 4.74 Å². The molecule has 1 atom stereocenters. The van der Waals surface area contributed by atoms with E-state index in [-0.39, 0.29) is 6.04 Å². The van der Waals surface area contributed by atoms with Gasteiger partial charge < -0.3 is 10.5 Å². The Bertz CT molecular complexity index is 627. The maximum absolute atomic E-state index is 6.03. The Morgan fingerprint density at radius 3 is 2.29 bits per heavy atom. The highest BCUT2D eigenvalue weighted by atomic mass is 35.5. The summed E-state index contributed by atoms with van der Waals surface area (Å²) in [6.07, 6.45) is 0. The SMILES string of the molecule is Cc1cc(C)c(COc2ccc(Cl)cc2[C@H](C)N)c(C)c1. The molecule has 0 fully saturated rings. The zero-order chi connectivity index (χ0) is 15.6. The minimum atomic E-state index is -0.112. The van der Waals surface area contributed by atoms with Crippen LogP contribution in [0.4, 0.5) is 0 Å². The van der Waals surface area contributed by atoms with E-state index in [0.29, 0.717) is 11.6 Å². The average molecular weight is 304 g/mol. The van der Waals surface area contributed by atoms with Gasteiger partial charge >= 0.3 is 0 Å². The van der Waals surface area contributed by atoms with Gasteiger partial charge in [0.1, 0.15) is 12.4 Å². The summed E-state index contributed by atoms with van der Waals surface area (Å²) in [4.78, 5) is 0. The van der Waals surface area contributed by atoms with Crippen LogP contribution in [0.3, 0.4) is 0 Å².